The molecule has 5 heteroatoms. The van der Waals surface area contributed by atoms with E-state index in [4.69, 9.17) is 9.47 Å². The van der Waals surface area contributed by atoms with Crippen molar-refractivity contribution in [1.29, 1.82) is 0 Å². The Morgan fingerprint density at radius 2 is 2.00 bits per heavy atom. The zero-order valence-electron chi connectivity index (χ0n) is 11.4. The first-order chi connectivity index (χ1) is 9.63. The van der Waals surface area contributed by atoms with E-state index in [1.54, 1.807) is 29.5 Å². The lowest BCUT2D eigenvalue weighted by Crippen LogP contribution is -2.16. The van der Waals surface area contributed by atoms with E-state index in [1.165, 1.54) is 0 Å². The van der Waals surface area contributed by atoms with E-state index in [9.17, 15) is 4.79 Å². The molecule has 1 aromatic carbocycles. The van der Waals surface area contributed by atoms with Crippen molar-refractivity contribution < 1.29 is 14.3 Å². The number of carbonyl (C=O) groups is 1. The smallest absolute Gasteiger partial charge is 0.169 e. The number of hydrogen-bond acceptors (Lipinski definition) is 5. The first kappa shape index (κ1) is 13.1. The van der Waals surface area contributed by atoms with Gasteiger partial charge in [-0.3, -0.25) is 4.79 Å². The molecule has 1 aromatic heterocycles. The number of ketones is 1. The highest BCUT2D eigenvalue weighted by atomic mass is 32.1. The van der Waals surface area contributed by atoms with Crippen molar-refractivity contribution in [3.63, 3.8) is 0 Å². The Hall–Kier alpha value is -1.88. The predicted octanol–water partition coefficient (Wildman–Crippen LogP) is 2.96. The summed E-state index contributed by atoms with van der Waals surface area (Å²) in [5.41, 5.74) is 1.64. The number of nitrogens with zero attached hydrogens (tertiary/aromatic N) is 1. The molecule has 0 bridgehead atoms. The Morgan fingerprint density at radius 3 is 2.70 bits per heavy atom. The van der Waals surface area contributed by atoms with Crippen molar-refractivity contribution in [3.05, 3.63) is 39.3 Å². The van der Waals surface area contributed by atoms with Crippen LogP contribution in [0, 0.1) is 13.8 Å². The van der Waals surface area contributed by atoms with Crippen LogP contribution in [-0.2, 0) is 6.42 Å². The van der Waals surface area contributed by atoms with Crippen LogP contribution in [0.15, 0.2) is 18.2 Å². The lowest BCUT2D eigenvalue weighted by molar-refractivity contribution is 0.0991. The Kier molecular flexibility index (Phi) is 3.44. The number of aryl methyl sites for hydroxylation is 2. The van der Waals surface area contributed by atoms with Crippen molar-refractivity contribution in [2.24, 2.45) is 0 Å². The van der Waals surface area contributed by atoms with Crippen molar-refractivity contribution >= 4 is 17.1 Å². The van der Waals surface area contributed by atoms with Crippen LogP contribution >= 0.6 is 11.3 Å². The molecular formula is C15H15NO3S. The molecule has 0 fully saturated rings. The summed E-state index contributed by atoms with van der Waals surface area (Å²) in [7, 11) is 0. The zero-order valence-corrected chi connectivity index (χ0v) is 12.3. The van der Waals surface area contributed by atoms with Gasteiger partial charge in [0.05, 0.1) is 12.1 Å². The Labute approximate surface area is 121 Å². The van der Waals surface area contributed by atoms with Gasteiger partial charge in [0.25, 0.3) is 0 Å². The normalized spacial score (nSPS) is 13.3. The number of benzene rings is 1. The van der Waals surface area contributed by atoms with Crippen molar-refractivity contribution in [2.75, 3.05) is 13.2 Å². The fourth-order valence-electron chi connectivity index (χ4n) is 2.07. The summed E-state index contributed by atoms with van der Waals surface area (Å²) in [6.07, 6.45) is 0.332. The molecule has 2 aromatic rings. The fraction of sp³-hybridized carbons (Fsp3) is 0.333. The summed E-state index contributed by atoms with van der Waals surface area (Å²) in [5.74, 6) is 1.40. The summed E-state index contributed by atoms with van der Waals surface area (Å²) >= 11 is 1.58. The third-order valence-corrected chi connectivity index (χ3v) is 4.32. The van der Waals surface area contributed by atoms with Gasteiger partial charge in [-0.05, 0) is 32.0 Å². The minimum absolute atomic E-state index is 0.0516. The highest BCUT2D eigenvalue weighted by molar-refractivity contribution is 7.11. The predicted molar refractivity (Wildman–Crippen MR) is 77.1 cm³/mol. The van der Waals surface area contributed by atoms with Crippen LogP contribution in [0.2, 0.25) is 0 Å². The van der Waals surface area contributed by atoms with Crippen molar-refractivity contribution in [1.82, 2.24) is 4.98 Å². The molecule has 0 N–H and O–H groups in total. The minimum Gasteiger partial charge on any atom is -0.486 e. The first-order valence-electron chi connectivity index (χ1n) is 6.49. The van der Waals surface area contributed by atoms with Crippen LogP contribution in [0.3, 0.4) is 0 Å². The molecule has 0 atom stereocenters. The maximum absolute atomic E-state index is 12.3. The van der Waals surface area contributed by atoms with E-state index >= 15 is 0 Å². The van der Waals surface area contributed by atoms with Gasteiger partial charge in [0.2, 0.25) is 0 Å². The molecule has 0 spiro atoms. The highest BCUT2D eigenvalue weighted by Gasteiger charge is 2.16. The number of thiazole rings is 1. The number of ether oxygens (including phenoxy) is 2. The zero-order chi connectivity index (χ0) is 14.1. The molecule has 1 aliphatic rings. The number of rotatable bonds is 3. The second-order valence-electron chi connectivity index (χ2n) is 4.71. The fourth-order valence-corrected chi connectivity index (χ4v) is 3.00. The number of hydrogen-bond donors (Lipinski definition) is 0. The standard InChI is InChI=1S/C15H15NO3S/c1-9-10(2)20-15(16-9)8-12(17)11-3-4-13-14(7-11)19-6-5-18-13/h3-4,7H,5-6,8H2,1-2H3. The first-order valence-corrected chi connectivity index (χ1v) is 7.31. The van der Waals surface area contributed by atoms with E-state index in [0.717, 1.165) is 15.6 Å². The molecule has 0 radical (unpaired) electrons. The van der Waals surface area contributed by atoms with Gasteiger partial charge in [-0.15, -0.1) is 11.3 Å². The van der Waals surface area contributed by atoms with Crippen LogP contribution in [0.1, 0.15) is 25.9 Å². The SMILES string of the molecule is Cc1nc(CC(=O)c2ccc3c(c2)OCCO3)sc1C. The molecule has 0 aliphatic carbocycles. The number of Topliss-reactive ketones (excluding diaryl/α,β-unsaturated/α-hetero) is 1. The van der Waals surface area contributed by atoms with Gasteiger partial charge in [0.15, 0.2) is 17.3 Å². The van der Waals surface area contributed by atoms with E-state index in [1.807, 2.05) is 13.8 Å². The summed E-state index contributed by atoms with van der Waals surface area (Å²) in [6.45, 7) is 5.06. The Bertz CT molecular complexity index is 644. The second-order valence-corrected chi connectivity index (χ2v) is 6.00. The summed E-state index contributed by atoms with van der Waals surface area (Å²) in [5, 5.41) is 0.861. The average molecular weight is 289 g/mol. The van der Waals surface area contributed by atoms with Gasteiger partial charge in [0.1, 0.15) is 18.2 Å². The van der Waals surface area contributed by atoms with Crippen LogP contribution in [0.25, 0.3) is 0 Å². The molecule has 2 heterocycles. The lowest BCUT2D eigenvalue weighted by atomic mass is 10.1. The Morgan fingerprint density at radius 1 is 1.25 bits per heavy atom. The van der Waals surface area contributed by atoms with E-state index < -0.39 is 0 Å². The average Bonchev–Trinajstić information content (AvgIpc) is 2.76. The maximum Gasteiger partial charge on any atom is 0.169 e. The molecule has 0 unspecified atom stereocenters. The van der Waals surface area contributed by atoms with Crippen LogP contribution in [-0.4, -0.2) is 24.0 Å². The minimum atomic E-state index is 0.0516. The molecule has 0 saturated heterocycles. The molecule has 20 heavy (non-hydrogen) atoms. The number of fused-ring (bicyclic) bond motifs is 1. The van der Waals surface area contributed by atoms with Gasteiger partial charge in [-0.25, -0.2) is 4.98 Å². The van der Waals surface area contributed by atoms with Crippen molar-refractivity contribution in [3.8, 4) is 11.5 Å². The quantitative estimate of drug-likeness (QED) is 0.815. The van der Waals surface area contributed by atoms with E-state index in [-0.39, 0.29) is 5.78 Å². The second kappa shape index (κ2) is 5.25. The molecule has 0 saturated carbocycles. The summed E-state index contributed by atoms with van der Waals surface area (Å²) < 4.78 is 10.9. The third-order valence-electron chi connectivity index (χ3n) is 3.25. The molecule has 0 amide bonds. The summed E-state index contributed by atoms with van der Waals surface area (Å²) in [6, 6.07) is 5.33. The largest absolute Gasteiger partial charge is 0.486 e. The molecule has 104 valence electrons. The van der Waals surface area contributed by atoms with Gasteiger partial charge in [-0.1, -0.05) is 0 Å². The molecular weight excluding hydrogens is 274 g/mol. The van der Waals surface area contributed by atoms with Crippen molar-refractivity contribution in [2.45, 2.75) is 20.3 Å². The number of carbonyl (C=O) groups excluding carboxylic acids is 1. The van der Waals surface area contributed by atoms with Gasteiger partial charge in [-0.2, -0.15) is 0 Å². The lowest BCUT2D eigenvalue weighted by Gasteiger charge is -2.18. The third kappa shape index (κ3) is 2.54. The maximum atomic E-state index is 12.3. The van der Waals surface area contributed by atoms with Gasteiger partial charge in [0, 0.05) is 10.4 Å². The van der Waals surface area contributed by atoms with E-state index in [0.29, 0.717) is 36.7 Å². The van der Waals surface area contributed by atoms with Gasteiger partial charge >= 0.3 is 0 Å². The topological polar surface area (TPSA) is 48.4 Å². The molecule has 3 rings (SSSR count). The van der Waals surface area contributed by atoms with Crippen LogP contribution in [0.4, 0.5) is 0 Å². The molecule has 4 nitrogen and oxygen atoms in total. The van der Waals surface area contributed by atoms with Crippen LogP contribution in [0.5, 0.6) is 11.5 Å². The van der Waals surface area contributed by atoms with E-state index in [2.05, 4.69) is 4.98 Å². The molecule has 1 aliphatic heterocycles. The number of aromatic nitrogens is 1. The van der Waals surface area contributed by atoms with Gasteiger partial charge < -0.3 is 9.47 Å². The highest BCUT2D eigenvalue weighted by Crippen LogP contribution is 2.31. The van der Waals surface area contributed by atoms with Crippen LogP contribution < -0.4 is 9.47 Å². The summed E-state index contributed by atoms with van der Waals surface area (Å²) in [4.78, 5) is 17.9. The monoisotopic (exact) mass is 289 g/mol. The Balaban J connectivity index is 1.80.